The highest BCUT2D eigenvalue weighted by molar-refractivity contribution is 5.58. The van der Waals surface area contributed by atoms with Crippen LogP contribution in [-0.4, -0.2) is 5.11 Å². The predicted molar refractivity (Wildman–Crippen MR) is 47.7 cm³/mol. The molecule has 0 amide bonds. The third-order valence-electron chi connectivity index (χ3n) is 1.78. The number of allylic oxidation sites excluding steroid dienone is 1. The van der Waals surface area contributed by atoms with Gasteiger partial charge in [-0.2, -0.15) is 13.2 Å². The molecule has 1 aromatic rings. The maximum absolute atomic E-state index is 12.1. The van der Waals surface area contributed by atoms with E-state index in [0.717, 1.165) is 12.1 Å². The molecular weight excluding hydrogens is 193 g/mol. The normalized spacial score (nSPS) is 13.0. The Bertz CT molecular complexity index is 335. The molecule has 1 rings (SSSR count). The summed E-state index contributed by atoms with van der Waals surface area (Å²) in [5.74, 6) is -0.0290. The van der Waals surface area contributed by atoms with Crippen LogP contribution in [0.25, 0.3) is 5.76 Å². The highest BCUT2D eigenvalue weighted by atomic mass is 19.4. The third kappa shape index (κ3) is 2.28. The van der Waals surface area contributed by atoms with Gasteiger partial charge in [0.15, 0.2) is 0 Å². The molecular formula is C10H9F3O. The Labute approximate surface area is 79.5 Å². The van der Waals surface area contributed by atoms with E-state index in [9.17, 15) is 18.3 Å². The van der Waals surface area contributed by atoms with Crippen molar-refractivity contribution in [2.24, 2.45) is 0 Å². The number of hydrogen-bond acceptors (Lipinski definition) is 1. The molecule has 0 saturated heterocycles. The topological polar surface area (TPSA) is 20.2 Å². The number of hydrogen-bond donors (Lipinski definition) is 1. The molecule has 0 fully saturated rings. The smallest absolute Gasteiger partial charge is 0.416 e. The van der Waals surface area contributed by atoms with Gasteiger partial charge in [0.1, 0.15) is 5.76 Å². The quantitative estimate of drug-likeness (QED) is 0.689. The zero-order valence-corrected chi connectivity index (χ0v) is 7.47. The van der Waals surface area contributed by atoms with E-state index >= 15 is 0 Å². The summed E-state index contributed by atoms with van der Waals surface area (Å²) < 4.78 is 36.4. The molecule has 1 N–H and O–H groups in total. The minimum absolute atomic E-state index is 0.0290. The average molecular weight is 202 g/mol. The van der Waals surface area contributed by atoms with Gasteiger partial charge in [-0.3, -0.25) is 0 Å². The van der Waals surface area contributed by atoms with Crippen LogP contribution >= 0.6 is 0 Å². The van der Waals surface area contributed by atoms with Gasteiger partial charge in [0.2, 0.25) is 0 Å². The first-order valence-corrected chi connectivity index (χ1v) is 3.98. The summed E-state index contributed by atoms with van der Waals surface area (Å²) >= 11 is 0. The zero-order valence-electron chi connectivity index (χ0n) is 7.47. The number of rotatable bonds is 1. The Morgan fingerprint density at radius 1 is 1.21 bits per heavy atom. The van der Waals surface area contributed by atoms with Crippen molar-refractivity contribution in [2.75, 3.05) is 0 Å². The maximum Gasteiger partial charge on any atom is 0.416 e. The summed E-state index contributed by atoms with van der Waals surface area (Å²) in [6.07, 6.45) is -2.91. The van der Waals surface area contributed by atoms with E-state index in [-0.39, 0.29) is 5.76 Å². The lowest BCUT2D eigenvalue weighted by Gasteiger charge is -2.06. The molecule has 4 heteroatoms. The molecule has 1 aromatic carbocycles. The van der Waals surface area contributed by atoms with Gasteiger partial charge in [-0.15, -0.1) is 0 Å². The number of aliphatic hydroxyl groups excluding tert-OH is 1. The minimum Gasteiger partial charge on any atom is -0.508 e. The van der Waals surface area contributed by atoms with Crippen LogP contribution in [0.2, 0.25) is 0 Å². The fraction of sp³-hybridized carbons (Fsp3) is 0.200. The van der Waals surface area contributed by atoms with Crippen LogP contribution < -0.4 is 0 Å². The van der Waals surface area contributed by atoms with E-state index in [1.807, 2.05) is 0 Å². The Morgan fingerprint density at radius 2 is 1.71 bits per heavy atom. The van der Waals surface area contributed by atoms with Crippen molar-refractivity contribution in [1.29, 1.82) is 0 Å². The number of halogens is 3. The number of aliphatic hydroxyl groups is 1. The first-order valence-electron chi connectivity index (χ1n) is 3.98. The molecule has 0 aliphatic heterocycles. The van der Waals surface area contributed by atoms with E-state index in [4.69, 9.17) is 0 Å². The second kappa shape index (κ2) is 3.74. The second-order valence-corrected chi connectivity index (χ2v) is 2.75. The molecule has 0 aliphatic carbocycles. The van der Waals surface area contributed by atoms with Crippen molar-refractivity contribution in [2.45, 2.75) is 13.1 Å². The molecule has 0 spiro atoms. The molecule has 76 valence electrons. The van der Waals surface area contributed by atoms with Crippen LogP contribution in [0.3, 0.4) is 0 Å². The average Bonchev–Trinajstić information content (AvgIpc) is 2.15. The monoisotopic (exact) mass is 202 g/mol. The van der Waals surface area contributed by atoms with Crippen LogP contribution in [-0.2, 0) is 6.18 Å². The van der Waals surface area contributed by atoms with Crippen LogP contribution in [0.15, 0.2) is 30.3 Å². The van der Waals surface area contributed by atoms with Crippen molar-refractivity contribution in [3.05, 3.63) is 41.5 Å². The molecule has 14 heavy (non-hydrogen) atoms. The second-order valence-electron chi connectivity index (χ2n) is 2.75. The fourth-order valence-electron chi connectivity index (χ4n) is 0.997. The number of alkyl halides is 3. The maximum atomic E-state index is 12.1. The molecule has 0 bridgehead atoms. The number of benzene rings is 1. The first kappa shape index (κ1) is 10.6. The van der Waals surface area contributed by atoms with Gasteiger partial charge in [0, 0.05) is 5.56 Å². The zero-order chi connectivity index (χ0) is 10.8. The highest BCUT2D eigenvalue weighted by Crippen LogP contribution is 2.29. The molecule has 0 saturated carbocycles. The summed E-state index contributed by atoms with van der Waals surface area (Å²) in [6.45, 7) is 1.60. The Balaban J connectivity index is 3.01. The minimum atomic E-state index is -4.33. The van der Waals surface area contributed by atoms with Gasteiger partial charge in [0.25, 0.3) is 0 Å². The van der Waals surface area contributed by atoms with Gasteiger partial charge in [-0.25, -0.2) is 0 Å². The molecule has 0 radical (unpaired) electrons. The summed E-state index contributed by atoms with van der Waals surface area (Å²) in [6, 6.07) is 4.35. The SMILES string of the molecule is C/C=C(\O)c1ccc(C(F)(F)F)cc1. The van der Waals surface area contributed by atoms with Crippen molar-refractivity contribution < 1.29 is 18.3 Å². The highest BCUT2D eigenvalue weighted by Gasteiger charge is 2.29. The van der Waals surface area contributed by atoms with E-state index in [2.05, 4.69) is 0 Å². The Kier molecular flexibility index (Phi) is 2.84. The van der Waals surface area contributed by atoms with Gasteiger partial charge < -0.3 is 5.11 Å². The Hall–Kier alpha value is -1.45. The summed E-state index contributed by atoms with van der Waals surface area (Å²) in [5, 5.41) is 9.20. The van der Waals surface area contributed by atoms with Gasteiger partial charge >= 0.3 is 6.18 Å². The van der Waals surface area contributed by atoms with Crippen LogP contribution in [0.1, 0.15) is 18.1 Å². The lowest BCUT2D eigenvalue weighted by atomic mass is 10.1. The predicted octanol–water partition coefficient (Wildman–Crippen LogP) is 3.62. The molecule has 0 atom stereocenters. The third-order valence-corrected chi connectivity index (χ3v) is 1.78. The van der Waals surface area contributed by atoms with Gasteiger partial charge in [-0.05, 0) is 25.1 Å². The Morgan fingerprint density at radius 3 is 2.07 bits per heavy atom. The van der Waals surface area contributed by atoms with E-state index in [1.165, 1.54) is 18.2 Å². The molecule has 0 aliphatic rings. The molecule has 0 unspecified atom stereocenters. The van der Waals surface area contributed by atoms with E-state index < -0.39 is 11.7 Å². The van der Waals surface area contributed by atoms with Crippen LogP contribution in [0.4, 0.5) is 13.2 Å². The molecule has 1 nitrogen and oxygen atoms in total. The molecule has 0 aromatic heterocycles. The van der Waals surface area contributed by atoms with Crippen LogP contribution in [0.5, 0.6) is 0 Å². The standard InChI is InChI=1S/C10H9F3O/c1-2-9(14)7-3-5-8(6-4-7)10(11,12)13/h2-6,14H,1H3/b9-2-. The van der Waals surface area contributed by atoms with E-state index in [1.54, 1.807) is 6.92 Å². The lowest BCUT2D eigenvalue weighted by Crippen LogP contribution is -2.04. The van der Waals surface area contributed by atoms with Crippen molar-refractivity contribution in [1.82, 2.24) is 0 Å². The summed E-state index contributed by atoms with van der Waals surface area (Å²) in [5.41, 5.74) is -0.342. The largest absolute Gasteiger partial charge is 0.508 e. The first-order chi connectivity index (χ1) is 6.45. The van der Waals surface area contributed by atoms with Crippen molar-refractivity contribution >= 4 is 5.76 Å². The van der Waals surface area contributed by atoms with Crippen LogP contribution in [0, 0.1) is 0 Å². The van der Waals surface area contributed by atoms with Gasteiger partial charge in [-0.1, -0.05) is 12.1 Å². The lowest BCUT2D eigenvalue weighted by molar-refractivity contribution is -0.137. The fourth-order valence-corrected chi connectivity index (χ4v) is 0.997. The molecule has 0 heterocycles. The summed E-state index contributed by atoms with van der Waals surface area (Å²) in [4.78, 5) is 0. The van der Waals surface area contributed by atoms with E-state index in [0.29, 0.717) is 5.56 Å². The van der Waals surface area contributed by atoms with Crippen molar-refractivity contribution in [3.8, 4) is 0 Å². The van der Waals surface area contributed by atoms with Crippen molar-refractivity contribution in [3.63, 3.8) is 0 Å². The summed E-state index contributed by atoms with van der Waals surface area (Å²) in [7, 11) is 0. The van der Waals surface area contributed by atoms with Gasteiger partial charge in [0.05, 0.1) is 5.56 Å².